The molecule has 0 bridgehead atoms. The first-order chi connectivity index (χ1) is 5.42. The maximum absolute atomic E-state index is 2.38. The highest BCUT2D eigenvalue weighted by Crippen LogP contribution is 2.07. The van der Waals surface area contributed by atoms with Crippen molar-refractivity contribution in [2.75, 3.05) is 0 Å². The Balaban J connectivity index is 0.000000720. The molecule has 0 aromatic carbocycles. The zero-order chi connectivity index (χ0) is 7.68. The number of hydrogen-bond donors (Lipinski definition) is 0. The van der Waals surface area contributed by atoms with E-state index in [4.69, 9.17) is 0 Å². The number of halogens is 1. The molecule has 0 atom stereocenters. The quantitative estimate of drug-likeness (QED) is 0.501. The van der Waals surface area contributed by atoms with Crippen LogP contribution >= 0.6 is 0 Å². The first-order valence-corrected chi connectivity index (χ1v) is 4.49. The van der Waals surface area contributed by atoms with Crippen LogP contribution in [-0.4, -0.2) is 4.57 Å². The van der Waals surface area contributed by atoms with E-state index < -0.39 is 0 Å². The third kappa shape index (κ3) is 1.56. The van der Waals surface area contributed by atoms with Crippen LogP contribution in [0, 0.1) is 0 Å². The SMILES string of the molecule is CCn1cc[n+]2c1CCCC2.[Br-]. The van der Waals surface area contributed by atoms with E-state index in [1.165, 1.54) is 31.6 Å². The molecular weight excluding hydrogens is 216 g/mol. The van der Waals surface area contributed by atoms with Crippen molar-refractivity contribution in [3.05, 3.63) is 18.2 Å². The summed E-state index contributed by atoms with van der Waals surface area (Å²) in [5.41, 5.74) is 0. The maximum atomic E-state index is 2.38. The highest BCUT2D eigenvalue weighted by molar-refractivity contribution is 4.85. The third-order valence-electron chi connectivity index (χ3n) is 2.48. The standard InChI is InChI=1S/C9H15N2.BrH/c1-2-10-7-8-11-6-4-3-5-9(10)11;/h7-8H,2-6H2,1H3;1H/q+1;/p-1. The lowest BCUT2D eigenvalue weighted by molar-refractivity contribution is -0.709. The van der Waals surface area contributed by atoms with E-state index in [1.807, 2.05) is 0 Å². The van der Waals surface area contributed by atoms with Gasteiger partial charge >= 0.3 is 0 Å². The summed E-state index contributed by atoms with van der Waals surface area (Å²) in [7, 11) is 0. The maximum Gasteiger partial charge on any atom is 0.256 e. The van der Waals surface area contributed by atoms with Crippen molar-refractivity contribution in [3.8, 4) is 0 Å². The van der Waals surface area contributed by atoms with E-state index in [0.29, 0.717) is 0 Å². The molecule has 1 aliphatic heterocycles. The van der Waals surface area contributed by atoms with Gasteiger partial charge in [0.25, 0.3) is 5.82 Å². The Kier molecular flexibility index (Phi) is 3.32. The predicted octanol–water partition coefficient (Wildman–Crippen LogP) is -1.86. The highest BCUT2D eigenvalue weighted by atomic mass is 79.9. The fraction of sp³-hybridized carbons (Fsp3) is 0.667. The summed E-state index contributed by atoms with van der Waals surface area (Å²) in [4.78, 5) is 0. The van der Waals surface area contributed by atoms with Crippen molar-refractivity contribution in [3.63, 3.8) is 0 Å². The molecule has 1 aromatic rings. The molecule has 2 heterocycles. The summed E-state index contributed by atoms with van der Waals surface area (Å²) in [6, 6.07) is 0. The molecule has 12 heavy (non-hydrogen) atoms. The number of imidazole rings is 1. The van der Waals surface area contributed by atoms with E-state index >= 15 is 0 Å². The molecule has 2 nitrogen and oxygen atoms in total. The van der Waals surface area contributed by atoms with Crippen molar-refractivity contribution >= 4 is 0 Å². The second kappa shape index (κ2) is 4.08. The number of aromatic nitrogens is 2. The molecule has 0 amide bonds. The summed E-state index contributed by atoms with van der Waals surface area (Å²) in [5.74, 6) is 1.51. The van der Waals surface area contributed by atoms with Gasteiger partial charge < -0.3 is 17.0 Å². The van der Waals surface area contributed by atoms with Crippen LogP contribution < -0.4 is 21.5 Å². The van der Waals surface area contributed by atoms with Crippen LogP contribution in [0.2, 0.25) is 0 Å². The molecule has 0 N–H and O–H groups in total. The van der Waals surface area contributed by atoms with Gasteiger partial charge in [-0.05, 0) is 19.8 Å². The Morgan fingerprint density at radius 1 is 1.50 bits per heavy atom. The normalized spacial score (nSPS) is 15.1. The third-order valence-corrected chi connectivity index (χ3v) is 2.48. The van der Waals surface area contributed by atoms with Crippen molar-refractivity contribution in [2.45, 2.75) is 39.3 Å². The summed E-state index contributed by atoms with van der Waals surface area (Å²) in [5, 5.41) is 0. The van der Waals surface area contributed by atoms with E-state index in [-0.39, 0.29) is 17.0 Å². The smallest absolute Gasteiger partial charge is 0.256 e. The van der Waals surface area contributed by atoms with Crippen LogP contribution in [-0.2, 0) is 19.5 Å². The zero-order valence-electron chi connectivity index (χ0n) is 7.46. The zero-order valence-corrected chi connectivity index (χ0v) is 9.05. The number of aryl methyl sites for hydroxylation is 2. The van der Waals surface area contributed by atoms with Gasteiger partial charge in [-0.3, -0.25) is 0 Å². The Morgan fingerprint density at radius 3 is 3.08 bits per heavy atom. The number of rotatable bonds is 1. The van der Waals surface area contributed by atoms with Gasteiger partial charge in [0.1, 0.15) is 12.4 Å². The van der Waals surface area contributed by atoms with Crippen LogP contribution in [0.15, 0.2) is 12.4 Å². The topological polar surface area (TPSA) is 8.81 Å². The van der Waals surface area contributed by atoms with E-state index in [0.717, 1.165) is 6.54 Å². The minimum atomic E-state index is 0. The monoisotopic (exact) mass is 230 g/mol. The van der Waals surface area contributed by atoms with Crippen molar-refractivity contribution < 1.29 is 21.5 Å². The molecule has 3 heteroatoms. The first-order valence-electron chi connectivity index (χ1n) is 4.49. The van der Waals surface area contributed by atoms with Crippen LogP contribution in [0.1, 0.15) is 25.6 Å². The van der Waals surface area contributed by atoms with Gasteiger partial charge in [-0.2, -0.15) is 0 Å². The molecule has 0 saturated heterocycles. The lowest BCUT2D eigenvalue weighted by atomic mass is 10.2. The molecule has 0 saturated carbocycles. The average molecular weight is 231 g/mol. The van der Waals surface area contributed by atoms with E-state index in [9.17, 15) is 0 Å². The van der Waals surface area contributed by atoms with Gasteiger partial charge in [-0.1, -0.05) is 0 Å². The largest absolute Gasteiger partial charge is 1.00 e. The number of hydrogen-bond acceptors (Lipinski definition) is 0. The van der Waals surface area contributed by atoms with E-state index in [1.54, 1.807) is 0 Å². The first kappa shape index (κ1) is 9.78. The highest BCUT2D eigenvalue weighted by Gasteiger charge is 2.18. The Bertz CT molecular complexity index is 242. The molecule has 68 valence electrons. The number of nitrogens with zero attached hydrogens (tertiary/aromatic N) is 2. The minimum absolute atomic E-state index is 0. The molecule has 0 fully saturated rings. The molecule has 2 rings (SSSR count). The predicted molar refractivity (Wildman–Crippen MR) is 43.2 cm³/mol. The Hall–Kier alpha value is -0.310. The van der Waals surface area contributed by atoms with Gasteiger partial charge in [0.05, 0.1) is 13.1 Å². The van der Waals surface area contributed by atoms with Gasteiger partial charge in [0, 0.05) is 6.42 Å². The van der Waals surface area contributed by atoms with Gasteiger partial charge in [-0.15, -0.1) is 0 Å². The van der Waals surface area contributed by atoms with Gasteiger partial charge in [-0.25, -0.2) is 9.13 Å². The summed E-state index contributed by atoms with van der Waals surface area (Å²) in [6.07, 6.45) is 8.38. The second-order valence-corrected chi connectivity index (χ2v) is 3.15. The van der Waals surface area contributed by atoms with Gasteiger partial charge in [0.2, 0.25) is 0 Å². The molecule has 1 aliphatic rings. The Morgan fingerprint density at radius 2 is 2.33 bits per heavy atom. The van der Waals surface area contributed by atoms with Crippen molar-refractivity contribution in [1.29, 1.82) is 0 Å². The minimum Gasteiger partial charge on any atom is -1.00 e. The molecular formula is C9H15BrN2. The van der Waals surface area contributed by atoms with Crippen molar-refractivity contribution in [1.82, 2.24) is 4.57 Å². The summed E-state index contributed by atoms with van der Waals surface area (Å²) < 4.78 is 4.73. The fourth-order valence-corrected chi connectivity index (χ4v) is 1.84. The second-order valence-electron chi connectivity index (χ2n) is 3.15. The molecule has 0 spiro atoms. The summed E-state index contributed by atoms with van der Waals surface area (Å²) in [6.45, 7) is 4.54. The summed E-state index contributed by atoms with van der Waals surface area (Å²) >= 11 is 0. The molecule has 1 aromatic heterocycles. The molecule has 0 aliphatic carbocycles. The lowest BCUT2D eigenvalue weighted by Gasteiger charge is -2.08. The fourth-order valence-electron chi connectivity index (χ4n) is 1.84. The van der Waals surface area contributed by atoms with Crippen molar-refractivity contribution in [2.24, 2.45) is 0 Å². The van der Waals surface area contributed by atoms with E-state index in [2.05, 4.69) is 28.5 Å². The molecule has 0 radical (unpaired) electrons. The van der Waals surface area contributed by atoms with Crippen LogP contribution in [0.4, 0.5) is 0 Å². The van der Waals surface area contributed by atoms with Gasteiger partial charge in [0.15, 0.2) is 0 Å². The van der Waals surface area contributed by atoms with Crippen LogP contribution in [0.5, 0.6) is 0 Å². The lowest BCUT2D eigenvalue weighted by Crippen LogP contribution is -3.00. The van der Waals surface area contributed by atoms with Crippen LogP contribution in [0.3, 0.4) is 0 Å². The number of fused-ring (bicyclic) bond motifs is 1. The Labute approximate surface area is 84.0 Å². The average Bonchev–Trinajstić information content (AvgIpc) is 2.47. The molecule has 0 unspecified atom stereocenters. The van der Waals surface area contributed by atoms with Crippen LogP contribution in [0.25, 0.3) is 0 Å².